The Morgan fingerprint density at radius 1 is 1.18 bits per heavy atom. The number of carbonyl (C=O) groups excluding carboxylic acids is 1. The van der Waals surface area contributed by atoms with Crippen molar-refractivity contribution < 1.29 is 9.72 Å². The third kappa shape index (κ3) is 4.07. The summed E-state index contributed by atoms with van der Waals surface area (Å²) in [5.74, 6) is -0.185. The van der Waals surface area contributed by atoms with E-state index >= 15 is 0 Å². The Morgan fingerprint density at radius 3 is 2.46 bits per heavy atom. The number of hydrogen-bond acceptors (Lipinski definition) is 5. The number of nitrogens with zero attached hydrogens (tertiary/aromatic N) is 3. The third-order valence-electron chi connectivity index (χ3n) is 4.43. The lowest BCUT2D eigenvalue weighted by Crippen LogP contribution is -2.12. The first kappa shape index (κ1) is 19.6. The Morgan fingerprint density at radius 2 is 1.86 bits per heavy atom. The number of rotatable bonds is 6. The average Bonchev–Trinajstić information content (AvgIpc) is 2.96. The molecule has 1 amide bonds. The van der Waals surface area contributed by atoms with Crippen molar-refractivity contribution in [3.8, 4) is 0 Å². The highest BCUT2D eigenvalue weighted by Gasteiger charge is 2.21. The van der Waals surface area contributed by atoms with Crippen LogP contribution in [-0.2, 0) is 6.54 Å². The zero-order valence-electron chi connectivity index (χ0n) is 15.8. The fourth-order valence-corrected chi connectivity index (χ4v) is 3.54. The van der Waals surface area contributed by atoms with E-state index in [-0.39, 0.29) is 11.6 Å². The number of benzene rings is 2. The first-order valence-electron chi connectivity index (χ1n) is 8.62. The molecule has 7 nitrogen and oxygen atoms in total. The molecule has 0 saturated heterocycles. The Hall–Kier alpha value is -3.13. The Kier molecular flexibility index (Phi) is 5.79. The molecule has 0 spiro atoms. The molecule has 28 heavy (non-hydrogen) atoms. The van der Waals surface area contributed by atoms with Crippen molar-refractivity contribution in [1.29, 1.82) is 0 Å². The molecular weight excluding hydrogens is 376 g/mol. The number of carbonyl (C=O) groups is 1. The van der Waals surface area contributed by atoms with E-state index in [2.05, 4.69) is 10.4 Å². The van der Waals surface area contributed by atoms with Crippen molar-refractivity contribution in [2.75, 3.05) is 11.6 Å². The molecule has 0 fully saturated rings. The number of amides is 1. The lowest BCUT2D eigenvalue weighted by atomic mass is 10.1. The van der Waals surface area contributed by atoms with Crippen LogP contribution in [-0.4, -0.2) is 26.9 Å². The zero-order chi connectivity index (χ0) is 20.3. The minimum Gasteiger partial charge on any atom is -0.321 e. The highest BCUT2D eigenvalue weighted by Crippen LogP contribution is 2.25. The summed E-state index contributed by atoms with van der Waals surface area (Å²) in [6.45, 7) is 3.71. The molecular formula is C20H20N4O3S. The lowest BCUT2D eigenvalue weighted by molar-refractivity contribution is -0.386. The molecule has 3 aromatic rings. The topological polar surface area (TPSA) is 90.1 Å². The summed E-state index contributed by atoms with van der Waals surface area (Å²) in [6, 6.07) is 14.8. The number of nitrogens with one attached hydrogen (secondary N) is 1. The van der Waals surface area contributed by atoms with Gasteiger partial charge in [-0.25, -0.2) is 0 Å². The highest BCUT2D eigenvalue weighted by molar-refractivity contribution is 7.98. The monoisotopic (exact) mass is 396 g/mol. The van der Waals surface area contributed by atoms with Gasteiger partial charge in [-0.05, 0) is 49.9 Å². The Labute approximate surface area is 166 Å². The maximum Gasteiger partial charge on any atom is 0.312 e. The van der Waals surface area contributed by atoms with Crippen LogP contribution in [0.5, 0.6) is 0 Å². The van der Waals surface area contributed by atoms with Gasteiger partial charge in [-0.1, -0.05) is 24.3 Å². The number of aromatic nitrogens is 2. The van der Waals surface area contributed by atoms with E-state index in [1.807, 2.05) is 42.7 Å². The van der Waals surface area contributed by atoms with Crippen LogP contribution in [0.15, 0.2) is 53.4 Å². The number of anilines is 1. The molecule has 0 aliphatic carbocycles. The predicted octanol–water partition coefficient (Wildman–Crippen LogP) is 4.43. The molecule has 144 valence electrons. The minimum atomic E-state index is -0.409. The van der Waals surface area contributed by atoms with Crippen molar-refractivity contribution in [3.05, 3.63) is 81.2 Å². The SMILES string of the molecule is CSc1ccccc1NC(=O)c1ccc(Cn2nc(C)c([N+](=O)[O-])c2C)cc1. The fraction of sp³-hybridized carbons (Fsp3) is 0.200. The molecule has 0 aliphatic rings. The lowest BCUT2D eigenvalue weighted by Gasteiger charge is -2.10. The summed E-state index contributed by atoms with van der Waals surface area (Å²) >= 11 is 1.57. The largest absolute Gasteiger partial charge is 0.321 e. The van der Waals surface area contributed by atoms with Crippen LogP contribution in [0, 0.1) is 24.0 Å². The van der Waals surface area contributed by atoms with Gasteiger partial charge in [0.05, 0.1) is 17.2 Å². The summed E-state index contributed by atoms with van der Waals surface area (Å²) in [5, 5.41) is 18.3. The van der Waals surface area contributed by atoms with Crippen molar-refractivity contribution in [3.63, 3.8) is 0 Å². The number of nitro groups is 1. The molecule has 8 heteroatoms. The number of para-hydroxylation sites is 1. The van der Waals surface area contributed by atoms with Gasteiger partial charge in [0.15, 0.2) is 0 Å². The van der Waals surface area contributed by atoms with Gasteiger partial charge in [0.1, 0.15) is 11.4 Å². The van der Waals surface area contributed by atoms with E-state index in [1.54, 1.807) is 42.4 Å². The summed E-state index contributed by atoms with van der Waals surface area (Å²) in [7, 11) is 0. The smallest absolute Gasteiger partial charge is 0.312 e. The second-order valence-corrected chi connectivity index (χ2v) is 7.13. The molecule has 0 aliphatic heterocycles. The third-order valence-corrected chi connectivity index (χ3v) is 5.23. The van der Waals surface area contributed by atoms with Gasteiger partial charge in [0.2, 0.25) is 0 Å². The molecule has 1 N–H and O–H groups in total. The number of hydrogen-bond donors (Lipinski definition) is 1. The van der Waals surface area contributed by atoms with E-state index in [0.29, 0.717) is 23.5 Å². The summed E-state index contributed by atoms with van der Waals surface area (Å²) in [6.07, 6.45) is 1.96. The number of aryl methyl sites for hydroxylation is 1. The van der Waals surface area contributed by atoms with E-state index in [4.69, 9.17) is 0 Å². The zero-order valence-corrected chi connectivity index (χ0v) is 16.6. The molecule has 3 rings (SSSR count). The molecule has 1 aromatic heterocycles. The molecule has 0 atom stereocenters. The molecule has 2 aromatic carbocycles. The second-order valence-electron chi connectivity index (χ2n) is 6.29. The summed E-state index contributed by atoms with van der Waals surface area (Å²) < 4.78 is 1.61. The fourth-order valence-electron chi connectivity index (χ4n) is 2.98. The van der Waals surface area contributed by atoms with Gasteiger partial charge in [0.25, 0.3) is 5.91 Å². The standard InChI is InChI=1S/C20H20N4O3S/c1-13-19(24(26)27)14(2)23(22-13)12-15-8-10-16(11-9-15)20(25)21-17-6-4-5-7-18(17)28-3/h4-11H,12H2,1-3H3,(H,21,25). The Balaban J connectivity index is 1.74. The summed E-state index contributed by atoms with van der Waals surface area (Å²) in [5.41, 5.74) is 3.17. The van der Waals surface area contributed by atoms with E-state index in [0.717, 1.165) is 16.1 Å². The molecule has 0 radical (unpaired) electrons. The highest BCUT2D eigenvalue weighted by atomic mass is 32.2. The van der Waals surface area contributed by atoms with Crippen LogP contribution in [0.25, 0.3) is 0 Å². The van der Waals surface area contributed by atoms with Crippen LogP contribution < -0.4 is 5.32 Å². The van der Waals surface area contributed by atoms with E-state index < -0.39 is 4.92 Å². The number of thioether (sulfide) groups is 1. The van der Waals surface area contributed by atoms with Crippen molar-refractivity contribution in [2.45, 2.75) is 25.3 Å². The van der Waals surface area contributed by atoms with Crippen molar-refractivity contribution in [1.82, 2.24) is 9.78 Å². The van der Waals surface area contributed by atoms with Crippen molar-refractivity contribution in [2.24, 2.45) is 0 Å². The van der Waals surface area contributed by atoms with Crippen LogP contribution in [0.2, 0.25) is 0 Å². The molecule has 0 saturated carbocycles. The van der Waals surface area contributed by atoms with Gasteiger partial charge >= 0.3 is 5.69 Å². The van der Waals surface area contributed by atoms with Gasteiger partial charge in [-0.2, -0.15) is 5.10 Å². The molecule has 0 unspecified atom stereocenters. The normalized spacial score (nSPS) is 10.7. The van der Waals surface area contributed by atoms with Crippen LogP contribution in [0.1, 0.15) is 27.3 Å². The first-order valence-corrected chi connectivity index (χ1v) is 9.85. The molecule has 1 heterocycles. The van der Waals surface area contributed by atoms with Crippen LogP contribution in [0.3, 0.4) is 0 Å². The first-order chi connectivity index (χ1) is 13.4. The maximum atomic E-state index is 12.5. The quantitative estimate of drug-likeness (QED) is 0.378. The minimum absolute atomic E-state index is 0.0449. The average molecular weight is 396 g/mol. The van der Waals surface area contributed by atoms with E-state index in [9.17, 15) is 14.9 Å². The van der Waals surface area contributed by atoms with Crippen molar-refractivity contribution >= 4 is 29.0 Å². The molecule has 0 bridgehead atoms. The summed E-state index contributed by atoms with van der Waals surface area (Å²) in [4.78, 5) is 24.2. The van der Waals surface area contributed by atoms with Gasteiger partial charge in [0, 0.05) is 10.5 Å². The van der Waals surface area contributed by atoms with Gasteiger partial charge in [-0.15, -0.1) is 11.8 Å². The Bertz CT molecular complexity index is 1030. The van der Waals surface area contributed by atoms with Crippen LogP contribution >= 0.6 is 11.8 Å². The van der Waals surface area contributed by atoms with Gasteiger partial charge < -0.3 is 5.32 Å². The van der Waals surface area contributed by atoms with E-state index in [1.165, 1.54) is 0 Å². The van der Waals surface area contributed by atoms with Gasteiger partial charge in [-0.3, -0.25) is 19.6 Å². The predicted molar refractivity (Wildman–Crippen MR) is 110 cm³/mol. The second kappa shape index (κ2) is 8.26. The van der Waals surface area contributed by atoms with Crippen LogP contribution in [0.4, 0.5) is 11.4 Å². The maximum absolute atomic E-state index is 12.5.